The molecule has 4 rings (SSSR count). The topological polar surface area (TPSA) is 97.7 Å². The molecule has 5 atom stereocenters. The van der Waals surface area contributed by atoms with Gasteiger partial charge in [-0.15, -0.1) is 0 Å². The van der Waals surface area contributed by atoms with Crippen molar-refractivity contribution in [2.24, 2.45) is 17.3 Å². The Hall–Kier alpha value is -1.62. The van der Waals surface area contributed by atoms with Crippen LogP contribution in [0.2, 0.25) is 0 Å². The smallest absolute Gasteiger partial charge is 0.469 e. The Bertz CT molecular complexity index is 1270. The average Bonchev–Trinajstić information content (AvgIpc) is 3.30. The first-order chi connectivity index (χ1) is 22.6. The van der Waals surface area contributed by atoms with Crippen LogP contribution in [0.3, 0.4) is 0 Å². The molecule has 0 bridgehead atoms. The number of nitrogens with zero attached hydrogens (tertiary/aromatic N) is 1. The summed E-state index contributed by atoms with van der Waals surface area (Å²) in [5.41, 5.74) is -3.86. The lowest BCUT2D eigenvalue weighted by Crippen LogP contribution is -2.68. The SMILES string of the molecule is CN(CCO[C@H]1CCC2C3CCc4cc(OCCCCOP(=O)(O)O)ccc4C3CC[C@@]21C)CCOC(C(F)(F)F)(C(F)(F)F)C(F)(F)F. The number of likely N-dealkylation sites (N-methyl/N-ethyl adjacent to an activating group) is 1. The summed E-state index contributed by atoms with van der Waals surface area (Å²) in [5.74, 6) is 1.95. The minimum atomic E-state index is -6.76. The Kier molecular flexibility index (Phi) is 12.4. The Morgan fingerprint density at radius 3 is 2.14 bits per heavy atom. The van der Waals surface area contributed by atoms with E-state index in [0.29, 0.717) is 37.2 Å². The van der Waals surface area contributed by atoms with Crippen molar-refractivity contribution in [3.8, 4) is 5.75 Å². The van der Waals surface area contributed by atoms with E-state index in [1.165, 1.54) is 23.1 Å². The van der Waals surface area contributed by atoms with E-state index in [2.05, 4.69) is 28.3 Å². The van der Waals surface area contributed by atoms with Crippen molar-refractivity contribution in [1.82, 2.24) is 4.90 Å². The zero-order valence-corrected chi connectivity index (χ0v) is 28.1. The van der Waals surface area contributed by atoms with Gasteiger partial charge in [-0.25, -0.2) is 4.57 Å². The van der Waals surface area contributed by atoms with Crippen LogP contribution in [0.5, 0.6) is 5.75 Å². The van der Waals surface area contributed by atoms with Crippen LogP contribution in [0.1, 0.15) is 68.9 Å². The van der Waals surface area contributed by atoms with Crippen molar-refractivity contribution >= 4 is 7.82 Å². The molecule has 3 aliphatic rings. The molecule has 2 saturated carbocycles. The molecule has 0 spiro atoms. The van der Waals surface area contributed by atoms with Gasteiger partial charge in [0.05, 0.1) is 32.5 Å². The number of aryl methyl sites for hydroxylation is 1. The van der Waals surface area contributed by atoms with E-state index < -0.39 is 45.1 Å². The molecular formula is C31H43F9NO7P. The summed E-state index contributed by atoms with van der Waals surface area (Å²) in [6.45, 7) is 0.638. The fourth-order valence-electron chi connectivity index (χ4n) is 8.00. The maximum atomic E-state index is 13.1. The third-order valence-electron chi connectivity index (χ3n) is 10.5. The monoisotopic (exact) mass is 743 g/mol. The second-order valence-corrected chi connectivity index (χ2v) is 14.7. The van der Waals surface area contributed by atoms with Crippen LogP contribution in [0, 0.1) is 17.3 Å². The second-order valence-electron chi connectivity index (χ2n) is 13.5. The summed E-state index contributed by atoms with van der Waals surface area (Å²) in [6.07, 6.45) is -13.9. The van der Waals surface area contributed by atoms with Crippen molar-refractivity contribution in [2.75, 3.05) is 46.6 Å². The summed E-state index contributed by atoms with van der Waals surface area (Å²) in [7, 11) is -3.12. The number of unbranched alkanes of at least 4 members (excludes halogenated alkanes) is 1. The minimum Gasteiger partial charge on any atom is -0.494 e. The van der Waals surface area contributed by atoms with Crippen LogP contribution in [-0.2, 0) is 25.0 Å². The van der Waals surface area contributed by atoms with Gasteiger partial charge in [-0.05, 0) is 105 Å². The van der Waals surface area contributed by atoms with Crippen LogP contribution in [0.25, 0.3) is 0 Å². The Balaban J connectivity index is 1.25. The van der Waals surface area contributed by atoms with E-state index in [-0.39, 0.29) is 31.3 Å². The molecule has 1 aromatic carbocycles. The maximum Gasteiger partial charge on any atom is 0.469 e. The fraction of sp³-hybridized carbons (Fsp3) is 0.806. The number of rotatable bonds is 15. The highest BCUT2D eigenvalue weighted by Gasteiger charge is 2.85. The number of hydrogen-bond acceptors (Lipinski definition) is 6. The number of hydrogen-bond donors (Lipinski definition) is 2. The molecule has 18 heteroatoms. The lowest BCUT2D eigenvalue weighted by atomic mass is 9.55. The lowest BCUT2D eigenvalue weighted by molar-refractivity contribution is -0.457. The molecule has 3 unspecified atom stereocenters. The minimum absolute atomic E-state index is 0.0586. The van der Waals surface area contributed by atoms with Gasteiger partial charge in [0.25, 0.3) is 0 Å². The number of alkyl halides is 9. The summed E-state index contributed by atoms with van der Waals surface area (Å²) in [4.78, 5) is 18.8. The van der Waals surface area contributed by atoms with E-state index in [0.717, 1.165) is 44.3 Å². The molecule has 282 valence electrons. The van der Waals surface area contributed by atoms with Gasteiger partial charge >= 0.3 is 32.0 Å². The molecule has 0 saturated heterocycles. The molecule has 0 aliphatic heterocycles. The van der Waals surface area contributed by atoms with Crippen molar-refractivity contribution < 1.29 is 72.6 Å². The zero-order chi connectivity index (χ0) is 36.5. The predicted octanol–water partition coefficient (Wildman–Crippen LogP) is 7.57. The van der Waals surface area contributed by atoms with E-state index in [9.17, 15) is 44.1 Å². The van der Waals surface area contributed by atoms with Gasteiger partial charge in [0, 0.05) is 13.1 Å². The molecule has 2 fully saturated rings. The van der Waals surface area contributed by atoms with Gasteiger partial charge in [-0.1, -0.05) is 13.0 Å². The number of halogens is 9. The molecule has 0 aromatic heterocycles. The first-order valence-corrected chi connectivity index (χ1v) is 17.7. The summed E-state index contributed by atoms with van der Waals surface area (Å²) >= 11 is 0. The van der Waals surface area contributed by atoms with Gasteiger partial charge in [0.2, 0.25) is 0 Å². The number of ether oxygens (including phenoxy) is 3. The first kappa shape index (κ1) is 40.2. The van der Waals surface area contributed by atoms with Crippen molar-refractivity contribution in [2.45, 2.75) is 94.4 Å². The van der Waals surface area contributed by atoms with Gasteiger partial charge in [0.1, 0.15) is 5.75 Å². The Labute approximate surface area is 278 Å². The fourth-order valence-corrected chi connectivity index (χ4v) is 8.36. The third-order valence-corrected chi connectivity index (χ3v) is 11.0. The third kappa shape index (κ3) is 8.89. The normalized spacial score (nSPS) is 26.4. The van der Waals surface area contributed by atoms with Crippen LogP contribution < -0.4 is 4.74 Å². The average molecular weight is 744 g/mol. The van der Waals surface area contributed by atoms with Crippen molar-refractivity contribution in [3.05, 3.63) is 29.3 Å². The highest BCUT2D eigenvalue weighted by atomic mass is 31.2. The molecule has 49 heavy (non-hydrogen) atoms. The number of benzene rings is 1. The number of phosphoric acid groups is 1. The van der Waals surface area contributed by atoms with E-state index >= 15 is 0 Å². The van der Waals surface area contributed by atoms with Crippen LogP contribution in [-0.4, -0.2) is 91.5 Å². The number of phosphoric ester groups is 1. The molecule has 0 radical (unpaired) electrons. The Morgan fingerprint density at radius 1 is 0.878 bits per heavy atom. The second kappa shape index (κ2) is 15.2. The number of fused-ring (bicyclic) bond motifs is 5. The molecule has 3 aliphatic carbocycles. The maximum absolute atomic E-state index is 13.1. The van der Waals surface area contributed by atoms with Gasteiger partial charge in [0.15, 0.2) is 0 Å². The summed E-state index contributed by atoms with van der Waals surface area (Å²) in [5, 5.41) is 0. The van der Waals surface area contributed by atoms with Crippen LogP contribution in [0.15, 0.2) is 18.2 Å². The zero-order valence-electron chi connectivity index (χ0n) is 27.2. The lowest BCUT2D eigenvalue weighted by Gasteiger charge is -2.50. The standard InChI is InChI=1S/C31H43F9NO7P/c1-27-12-11-23-22-8-6-21(45-15-3-4-16-48-49(42,43)44)19-20(22)5-7-24(23)25(27)9-10-26(27)46-17-13-41(2)14-18-47-28(29(32,33)34,30(35,36)37)31(38,39)40/h6,8,19,23-26H,3-5,7,9-18H2,1-2H3,(H2,42,43,44)/t23?,24?,25?,26-,27-/m0/s1. The highest BCUT2D eigenvalue weighted by molar-refractivity contribution is 7.46. The molecule has 2 N–H and O–H groups in total. The van der Waals surface area contributed by atoms with Crippen LogP contribution in [0.4, 0.5) is 39.5 Å². The van der Waals surface area contributed by atoms with Gasteiger partial charge in [-0.3, -0.25) is 4.52 Å². The van der Waals surface area contributed by atoms with E-state index in [1.54, 1.807) is 0 Å². The molecule has 8 nitrogen and oxygen atoms in total. The van der Waals surface area contributed by atoms with E-state index in [4.69, 9.17) is 19.3 Å². The van der Waals surface area contributed by atoms with Crippen molar-refractivity contribution in [3.63, 3.8) is 0 Å². The summed E-state index contributed by atoms with van der Waals surface area (Å²) < 4.78 is 149. The molecular weight excluding hydrogens is 700 g/mol. The predicted molar refractivity (Wildman–Crippen MR) is 158 cm³/mol. The highest BCUT2D eigenvalue weighted by Crippen LogP contribution is 2.62. The molecule has 0 heterocycles. The summed E-state index contributed by atoms with van der Waals surface area (Å²) in [6, 6.07) is 6.12. The quantitative estimate of drug-likeness (QED) is 0.108. The van der Waals surface area contributed by atoms with Gasteiger partial charge in [-0.2, -0.15) is 39.5 Å². The largest absolute Gasteiger partial charge is 0.494 e. The Morgan fingerprint density at radius 2 is 1.51 bits per heavy atom. The van der Waals surface area contributed by atoms with E-state index in [1.807, 2.05) is 6.07 Å². The van der Waals surface area contributed by atoms with Crippen LogP contribution >= 0.6 is 7.82 Å². The molecule has 1 aromatic rings. The van der Waals surface area contributed by atoms with Crippen molar-refractivity contribution in [1.29, 1.82) is 0 Å². The molecule has 0 amide bonds. The first-order valence-electron chi connectivity index (χ1n) is 16.2. The van der Waals surface area contributed by atoms with Gasteiger partial charge < -0.3 is 28.9 Å².